The molecule has 2 aromatic heterocycles. The summed E-state index contributed by atoms with van der Waals surface area (Å²) in [6, 6.07) is 0.475. The molecule has 3 aliphatic rings. The predicted molar refractivity (Wildman–Crippen MR) is 90.0 cm³/mol. The number of hydrogen-bond donors (Lipinski definition) is 1. The number of imidazole rings is 1. The second kappa shape index (κ2) is 5.62. The van der Waals surface area contributed by atoms with E-state index < -0.39 is 5.79 Å². The summed E-state index contributed by atoms with van der Waals surface area (Å²) in [4.78, 5) is 13.4. The average molecular weight is 345 g/mol. The minimum atomic E-state index is -0.585. The van der Waals surface area contributed by atoms with Crippen LogP contribution in [0.15, 0.2) is 12.7 Å². The van der Waals surface area contributed by atoms with E-state index in [-0.39, 0.29) is 18.4 Å². The van der Waals surface area contributed by atoms with Gasteiger partial charge in [-0.1, -0.05) is 12.8 Å². The van der Waals surface area contributed by atoms with Gasteiger partial charge in [0.2, 0.25) is 0 Å². The summed E-state index contributed by atoms with van der Waals surface area (Å²) >= 11 is 0. The number of anilines is 1. The maximum absolute atomic E-state index is 6.04. The fourth-order valence-electron chi connectivity index (χ4n) is 4.17. The maximum atomic E-state index is 6.04. The molecule has 0 spiro atoms. The van der Waals surface area contributed by atoms with Crippen LogP contribution in [0.2, 0.25) is 0 Å². The molecule has 2 aliphatic heterocycles. The van der Waals surface area contributed by atoms with Crippen molar-refractivity contribution in [2.45, 2.75) is 69.8 Å². The van der Waals surface area contributed by atoms with Crippen LogP contribution in [0.4, 0.5) is 5.82 Å². The molecule has 2 aromatic rings. The molecule has 4 heterocycles. The number of nitrogens with zero attached hydrogens (tertiary/aromatic N) is 4. The number of ether oxygens (including phenoxy) is 3. The number of rotatable bonds is 3. The molecule has 8 nitrogen and oxygen atoms in total. The molecule has 8 heteroatoms. The summed E-state index contributed by atoms with van der Waals surface area (Å²) < 4.78 is 19.8. The summed E-state index contributed by atoms with van der Waals surface area (Å²) in [6.07, 6.45) is 7.75. The smallest absolute Gasteiger partial charge is 0.167 e. The first-order valence-electron chi connectivity index (χ1n) is 9.02. The Kier molecular flexibility index (Phi) is 3.48. The molecule has 0 bridgehead atoms. The summed E-state index contributed by atoms with van der Waals surface area (Å²) in [5.74, 6) is 0.215. The van der Waals surface area contributed by atoms with E-state index >= 15 is 0 Å². The minimum Gasteiger partial charge on any atom is -0.365 e. The Labute approximate surface area is 145 Å². The van der Waals surface area contributed by atoms with E-state index in [0.29, 0.717) is 12.6 Å². The number of aromatic nitrogens is 4. The van der Waals surface area contributed by atoms with Gasteiger partial charge >= 0.3 is 0 Å². The molecule has 0 unspecified atom stereocenters. The molecule has 1 aliphatic carbocycles. The van der Waals surface area contributed by atoms with Crippen molar-refractivity contribution < 1.29 is 14.2 Å². The molecule has 2 saturated heterocycles. The molecular weight excluding hydrogens is 322 g/mol. The van der Waals surface area contributed by atoms with Gasteiger partial charge in [-0.25, -0.2) is 15.0 Å². The van der Waals surface area contributed by atoms with Crippen molar-refractivity contribution in [3.63, 3.8) is 0 Å². The third kappa shape index (κ3) is 2.59. The molecule has 3 fully saturated rings. The molecule has 0 amide bonds. The Morgan fingerprint density at radius 3 is 2.84 bits per heavy atom. The highest BCUT2D eigenvalue weighted by Gasteiger charge is 2.51. The standard InChI is InChI=1S/C17H23N5O3/c1-17(2)24-11-7-23-16(13(11)25-17)22-9-20-12-14(18-8-19-15(12)22)21-10-5-3-4-6-10/h8-11,13,16H,3-7H2,1-2H3,(H,18,19,21)/t11-,13-,16-/m1/s1. The third-order valence-electron chi connectivity index (χ3n) is 5.26. The first-order chi connectivity index (χ1) is 12.1. The lowest BCUT2D eigenvalue weighted by molar-refractivity contribution is -0.183. The van der Waals surface area contributed by atoms with Gasteiger partial charge in [0.1, 0.15) is 18.5 Å². The van der Waals surface area contributed by atoms with E-state index in [2.05, 4.69) is 20.3 Å². The first kappa shape index (κ1) is 15.5. The minimum absolute atomic E-state index is 0.0598. The van der Waals surface area contributed by atoms with Crippen LogP contribution in [0.1, 0.15) is 45.8 Å². The van der Waals surface area contributed by atoms with Crippen molar-refractivity contribution in [3.05, 3.63) is 12.7 Å². The van der Waals surface area contributed by atoms with Crippen molar-refractivity contribution in [2.75, 3.05) is 11.9 Å². The second-order valence-corrected chi connectivity index (χ2v) is 7.53. The fraction of sp³-hybridized carbons (Fsp3) is 0.706. The second-order valence-electron chi connectivity index (χ2n) is 7.53. The quantitative estimate of drug-likeness (QED) is 0.913. The van der Waals surface area contributed by atoms with Crippen molar-refractivity contribution >= 4 is 17.0 Å². The lowest BCUT2D eigenvalue weighted by Crippen LogP contribution is -2.27. The van der Waals surface area contributed by atoms with Crippen LogP contribution in [0.5, 0.6) is 0 Å². The Bertz CT molecular complexity index is 786. The highest BCUT2D eigenvalue weighted by atomic mass is 16.8. The van der Waals surface area contributed by atoms with Crippen LogP contribution in [0.25, 0.3) is 11.2 Å². The van der Waals surface area contributed by atoms with Crippen LogP contribution in [-0.2, 0) is 14.2 Å². The average Bonchev–Trinajstić information content (AvgIpc) is 3.31. The molecule has 1 N–H and O–H groups in total. The Hall–Kier alpha value is -1.77. The molecule has 3 atom stereocenters. The van der Waals surface area contributed by atoms with E-state index in [1.807, 2.05) is 18.4 Å². The zero-order valence-corrected chi connectivity index (χ0v) is 14.5. The zero-order chi connectivity index (χ0) is 17.0. The van der Waals surface area contributed by atoms with Crippen LogP contribution < -0.4 is 5.32 Å². The zero-order valence-electron chi connectivity index (χ0n) is 14.5. The largest absolute Gasteiger partial charge is 0.365 e. The van der Waals surface area contributed by atoms with Crippen molar-refractivity contribution in [3.8, 4) is 0 Å². The fourth-order valence-corrected chi connectivity index (χ4v) is 4.17. The number of hydrogen-bond acceptors (Lipinski definition) is 7. The van der Waals surface area contributed by atoms with Gasteiger partial charge in [-0.15, -0.1) is 0 Å². The van der Waals surface area contributed by atoms with Gasteiger partial charge in [0, 0.05) is 6.04 Å². The molecule has 5 rings (SSSR count). The van der Waals surface area contributed by atoms with E-state index in [0.717, 1.165) is 17.0 Å². The third-order valence-corrected chi connectivity index (χ3v) is 5.26. The van der Waals surface area contributed by atoms with Crippen molar-refractivity contribution in [1.29, 1.82) is 0 Å². The van der Waals surface area contributed by atoms with Crippen LogP contribution in [0, 0.1) is 0 Å². The number of nitrogens with one attached hydrogen (secondary N) is 1. The first-order valence-corrected chi connectivity index (χ1v) is 9.02. The van der Waals surface area contributed by atoms with Crippen LogP contribution in [0.3, 0.4) is 0 Å². The van der Waals surface area contributed by atoms with E-state index in [4.69, 9.17) is 14.2 Å². The van der Waals surface area contributed by atoms with Gasteiger partial charge < -0.3 is 19.5 Å². The lowest BCUT2D eigenvalue weighted by atomic mass is 10.2. The van der Waals surface area contributed by atoms with Gasteiger partial charge in [-0.2, -0.15) is 0 Å². The van der Waals surface area contributed by atoms with Gasteiger partial charge in [0.05, 0.1) is 12.9 Å². The monoisotopic (exact) mass is 345 g/mol. The molecule has 134 valence electrons. The summed E-state index contributed by atoms with van der Waals surface area (Å²) in [6.45, 7) is 4.37. The highest BCUT2D eigenvalue weighted by molar-refractivity contribution is 5.82. The molecular formula is C17H23N5O3. The van der Waals surface area contributed by atoms with Gasteiger partial charge in [-0.3, -0.25) is 4.57 Å². The molecule has 1 saturated carbocycles. The number of fused-ring (bicyclic) bond motifs is 2. The van der Waals surface area contributed by atoms with Gasteiger partial charge in [0.15, 0.2) is 29.0 Å². The van der Waals surface area contributed by atoms with E-state index in [1.165, 1.54) is 25.7 Å². The van der Waals surface area contributed by atoms with E-state index in [9.17, 15) is 0 Å². The molecule has 0 radical (unpaired) electrons. The van der Waals surface area contributed by atoms with Crippen molar-refractivity contribution in [1.82, 2.24) is 19.5 Å². The molecule has 0 aromatic carbocycles. The van der Waals surface area contributed by atoms with Crippen LogP contribution in [-0.4, -0.2) is 50.2 Å². The van der Waals surface area contributed by atoms with Crippen LogP contribution >= 0.6 is 0 Å². The highest BCUT2D eigenvalue weighted by Crippen LogP contribution is 2.40. The lowest BCUT2D eigenvalue weighted by Gasteiger charge is -2.22. The Morgan fingerprint density at radius 1 is 1.16 bits per heavy atom. The van der Waals surface area contributed by atoms with Gasteiger partial charge in [-0.05, 0) is 26.7 Å². The van der Waals surface area contributed by atoms with E-state index in [1.54, 1.807) is 12.7 Å². The Morgan fingerprint density at radius 2 is 2.00 bits per heavy atom. The SMILES string of the molecule is CC1(C)O[C@H]2[C@H](n3cnc4c(NC5CCCC5)ncnc43)OC[C@H]2O1. The maximum Gasteiger partial charge on any atom is 0.167 e. The topological polar surface area (TPSA) is 83.3 Å². The normalized spacial score (nSPS) is 31.7. The summed E-state index contributed by atoms with van der Waals surface area (Å²) in [5.41, 5.74) is 1.54. The van der Waals surface area contributed by atoms with Crippen molar-refractivity contribution in [2.24, 2.45) is 0 Å². The summed E-state index contributed by atoms with van der Waals surface area (Å²) in [5, 5.41) is 3.52. The summed E-state index contributed by atoms with van der Waals surface area (Å²) in [7, 11) is 0. The Balaban J connectivity index is 1.46. The molecule has 25 heavy (non-hydrogen) atoms. The van der Waals surface area contributed by atoms with Gasteiger partial charge in [0.25, 0.3) is 0 Å². The predicted octanol–water partition coefficient (Wildman–Crippen LogP) is 2.23.